The van der Waals surface area contributed by atoms with Crippen LogP contribution in [0.1, 0.15) is 15.9 Å². The maximum absolute atomic E-state index is 12.8. The highest BCUT2D eigenvalue weighted by molar-refractivity contribution is 6.05. The number of rotatable bonds is 4. The number of halogens is 3. The Morgan fingerprint density at radius 1 is 0.846 bits per heavy atom. The van der Waals surface area contributed by atoms with Gasteiger partial charge in [0.1, 0.15) is 5.75 Å². The SMILES string of the molecule is O=C(Nc1ccccc1Oc1ccccc1)c1cccc(C(F)(F)F)c1. The van der Waals surface area contributed by atoms with Crippen molar-refractivity contribution < 1.29 is 22.7 Å². The second-order valence-corrected chi connectivity index (χ2v) is 5.44. The van der Waals surface area contributed by atoms with Gasteiger partial charge in [-0.15, -0.1) is 0 Å². The Morgan fingerprint density at radius 3 is 2.27 bits per heavy atom. The number of anilines is 1. The van der Waals surface area contributed by atoms with Gasteiger partial charge in [-0.2, -0.15) is 13.2 Å². The normalized spacial score (nSPS) is 11.0. The summed E-state index contributed by atoms with van der Waals surface area (Å²) in [5.74, 6) is 0.313. The van der Waals surface area contributed by atoms with E-state index in [1.807, 2.05) is 6.07 Å². The number of amides is 1. The standard InChI is InChI=1S/C20H14F3NO2/c21-20(22,23)15-8-6-7-14(13-15)19(25)24-17-11-4-5-12-18(17)26-16-9-2-1-3-10-16/h1-13H,(H,24,25). The smallest absolute Gasteiger partial charge is 0.416 e. The summed E-state index contributed by atoms with van der Waals surface area (Å²) in [5, 5.41) is 2.59. The molecule has 6 heteroatoms. The summed E-state index contributed by atoms with van der Waals surface area (Å²) < 4.78 is 44.2. The molecule has 0 saturated heterocycles. The lowest BCUT2D eigenvalue weighted by atomic mass is 10.1. The van der Waals surface area contributed by atoms with Gasteiger partial charge in [-0.1, -0.05) is 36.4 Å². The Morgan fingerprint density at radius 2 is 1.54 bits per heavy atom. The van der Waals surface area contributed by atoms with Gasteiger partial charge in [0.2, 0.25) is 0 Å². The molecular weight excluding hydrogens is 343 g/mol. The van der Waals surface area contributed by atoms with E-state index >= 15 is 0 Å². The van der Waals surface area contributed by atoms with Crippen molar-refractivity contribution in [3.8, 4) is 11.5 Å². The first-order chi connectivity index (χ1) is 12.4. The molecule has 0 saturated carbocycles. The van der Waals surface area contributed by atoms with Crippen molar-refractivity contribution in [3.63, 3.8) is 0 Å². The highest BCUT2D eigenvalue weighted by Crippen LogP contribution is 2.31. The first kappa shape index (κ1) is 17.5. The fraction of sp³-hybridized carbons (Fsp3) is 0.0500. The van der Waals surface area contributed by atoms with Gasteiger partial charge in [-0.05, 0) is 42.5 Å². The molecular formula is C20H14F3NO2. The minimum atomic E-state index is -4.51. The second-order valence-electron chi connectivity index (χ2n) is 5.44. The molecule has 0 fully saturated rings. The largest absolute Gasteiger partial charge is 0.455 e. The monoisotopic (exact) mass is 357 g/mol. The van der Waals surface area contributed by atoms with Crippen LogP contribution in [0.3, 0.4) is 0 Å². The van der Waals surface area contributed by atoms with Crippen LogP contribution >= 0.6 is 0 Å². The predicted molar refractivity (Wildman–Crippen MR) is 92.4 cm³/mol. The maximum atomic E-state index is 12.8. The molecule has 1 amide bonds. The third-order valence-corrected chi connectivity index (χ3v) is 3.56. The molecule has 3 aromatic carbocycles. The zero-order chi connectivity index (χ0) is 18.6. The van der Waals surface area contributed by atoms with E-state index in [-0.39, 0.29) is 5.56 Å². The summed E-state index contributed by atoms with van der Waals surface area (Å²) in [6.07, 6.45) is -4.51. The van der Waals surface area contributed by atoms with Crippen LogP contribution in [0.5, 0.6) is 11.5 Å². The fourth-order valence-corrected chi connectivity index (χ4v) is 2.31. The number of hydrogen-bond donors (Lipinski definition) is 1. The van der Waals surface area contributed by atoms with Crippen molar-refractivity contribution in [2.45, 2.75) is 6.18 Å². The molecule has 0 bridgehead atoms. The molecule has 0 heterocycles. The number of hydrogen-bond acceptors (Lipinski definition) is 2. The molecule has 0 atom stereocenters. The zero-order valence-corrected chi connectivity index (χ0v) is 13.5. The fourth-order valence-electron chi connectivity index (χ4n) is 2.31. The third-order valence-electron chi connectivity index (χ3n) is 3.56. The van der Waals surface area contributed by atoms with Gasteiger partial charge in [0, 0.05) is 5.56 Å². The van der Waals surface area contributed by atoms with Crippen molar-refractivity contribution >= 4 is 11.6 Å². The topological polar surface area (TPSA) is 38.3 Å². The van der Waals surface area contributed by atoms with E-state index < -0.39 is 17.6 Å². The van der Waals surface area contributed by atoms with Gasteiger partial charge in [-0.25, -0.2) is 0 Å². The molecule has 132 valence electrons. The Hall–Kier alpha value is -3.28. The van der Waals surface area contributed by atoms with Gasteiger partial charge in [0.25, 0.3) is 5.91 Å². The molecule has 3 aromatic rings. The van der Waals surface area contributed by atoms with Gasteiger partial charge >= 0.3 is 6.18 Å². The summed E-state index contributed by atoms with van der Waals surface area (Å²) in [4.78, 5) is 12.4. The summed E-state index contributed by atoms with van der Waals surface area (Å²) >= 11 is 0. The number of carbonyl (C=O) groups is 1. The van der Waals surface area contributed by atoms with Crippen molar-refractivity contribution in [2.75, 3.05) is 5.32 Å². The lowest BCUT2D eigenvalue weighted by Gasteiger charge is -2.13. The second kappa shape index (κ2) is 7.31. The summed E-state index contributed by atoms with van der Waals surface area (Å²) in [7, 11) is 0. The van der Waals surface area contributed by atoms with E-state index in [0.717, 1.165) is 12.1 Å². The number of benzene rings is 3. The average Bonchev–Trinajstić information content (AvgIpc) is 2.63. The number of para-hydroxylation sites is 3. The van der Waals surface area contributed by atoms with E-state index in [9.17, 15) is 18.0 Å². The average molecular weight is 357 g/mol. The molecule has 0 aliphatic carbocycles. The Balaban J connectivity index is 1.82. The minimum Gasteiger partial charge on any atom is -0.455 e. The van der Waals surface area contributed by atoms with E-state index in [4.69, 9.17) is 4.74 Å². The summed E-state index contributed by atoms with van der Waals surface area (Å²) in [5.41, 5.74) is -0.605. The van der Waals surface area contributed by atoms with Crippen LogP contribution in [0, 0.1) is 0 Å². The molecule has 1 N–H and O–H groups in total. The molecule has 3 nitrogen and oxygen atoms in total. The molecule has 0 aliphatic heterocycles. The first-order valence-electron chi connectivity index (χ1n) is 7.74. The van der Waals surface area contributed by atoms with Gasteiger partial charge < -0.3 is 10.1 Å². The highest BCUT2D eigenvalue weighted by Gasteiger charge is 2.30. The van der Waals surface area contributed by atoms with E-state index in [1.54, 1.807) is 48.5 Å². The molecule has 0 aliphatic rings. The van der Waals surface area contributed by atoms with Gasteiger partial charge in [0.05, 0.1) is 11.3 Å². The zero-order valence-electron chi connectivity index (χ0n) is 13.5. The Kier molecular flexibility index (Phi) is 4.93. The predicted octanol–water partition coefficient (Wildman–Crippen LogP) is 5.75. The van der Waals surface area contributed by atoms with Crippen LogP contribution in [-0.2, 0) is 6.18 Å². The maximum Gasteiger partial charge on any atom is 0.416 e. The lowest BCUT2D eigenvalue weighted by molar-refractivity contribution is -0.137. The third kappa shape index (κ3) is 4.22. The van der Waals surface area contributed by atoms with Crippen LogP contribution in [0.25, 0.3) is 0 Å². The number of carbonyl (C=O) groups excluding carboxylic acids is 1. The van der Waals surface area contributed by atoms with Crippen molar-refractivity contribution in [3.05, 3.63) is 90.0 Å². The van der Waals surface area contributed by atoms with Crippen LogP contribution in [-0.4, -0.2) is 5.91 Å². The minimum absolute atomic E-state index is 0.0886. The number of nitrogens with one attached hydrogen (secondary N) is 1. The Labute approximate surface area is 148 Å². The van der Waals surface area contributed by atoms with Crippen LogP contribution in [0.15, 0.2) is 78.9 Å². The Bertz CT molecular complexity index is 908. The molecule has 3 rings (SSSR count). The van der Waals surface area contributed by atoms with Gasteiger partial charge in [0.15, 0.2) is 5.75 Å². The number of ether oxygens (including phenoxy) is 1. The van der Waals surface area contributed by atoms with Crippen LogP contribution < -0.4 is 10.1 Å². The van der Waals surface area contributed by atoms with Crippen molar-refractivity contribution in [1.82, 2.24) is 0 Å². The highest BCUT2D eigenvalue weighted by atomic mass is 19.4. The number of alkyl halides is 3. The van der Waals surface area contributed by atoms with E-state index in [0.29, 0.717) is 17.2 Å². The quantitative estimate of drug-likeness (QED) is 0.646. The molecule has 0 aromatic heterocycles. The van der Waals surface area contributed by atoms with Crippen molar-refractivity contribution in [1.29, 1.82) is 0 Å². The first-order valence-corrected chi connectivity index (χ1v) is 7.74. The molecule has 26 heavy (non-hydrogen) atoms. The van der Waals surface area contributed by atoms with Crippen molar-refractivity contribution in [2.24, 2.45) is 0 Å². The lowest BCUT2D eigenvalue weighted by Crippen LogP contribution is -2.14. The van der Waals surface area contributed by atoms with E-state index in [1.165, 1.54) is 12.1 Å². The molecule has 0 spiro atoms. The van der Waals surface area contributed by atoms with Crippen LogP contribution in [0.4, 0.5) is 18.9 Å². The van der Waals surface area contributed by atoms with E-state index in [2.05, 4.69) is 5.32 Å². The van der Waals surface area contributed by atoms with Gasteiger partial charge in [-0.3, -0.25) is 4.79 Å². The summed E-state index contributed by atoms with van der Waals surface area (Å²) in [6.45, 7) is 0. The summed E-state index contributed by atoms with van der Waals surface area (Å²) in [6, 6.07) is 19.9. The molecule has 0 radical (unpaired) electrons. The van der Waals surface area contributed by atoms with Crippen LogP contribution in [0.2, 0.25) is 0 Å². The molecule has 0 unspecified atom stereocenters.